The molecule has 0 saturated heterocycles. The second-order valence-corrected chi connectivity index (χ2v) is 4.33. The molecule has 4 heteroatoms. The van der Waals surface area contributed by atoms with Gasteiger partial charge >= 0.3 is 5.97 Å². The molecular weight excluding hydrogens is 254 g/mol. The van der Waals surface area contributed by atoms with Gasteiger partial charge < -0.3 is 9.47 Å². The van der Waals surface area contributed by atoms with E-state index < -0.39 is 5.97 Å². The maximum absolute atomic E-state index is 11.9. The SMILES string of the molecule is CCCCOC(=O)/C(C#N)=C(/C)c1ccc(OC)cc1. The molecule has 106 valence electrons. The van der Waals surface area contributed by atoms with Gasteiger partial charge in [0, 0.05) is 0 Å². The molecule has 1 rings (SSSR count). The highest BCUT2D eigenvalue weighted by atomic mass is 16.5. The second-order valence-electron chi connectivity index (χ2n) is 4.33. The van der Waals surface area contributed by atoms with Gasteiger partial charge in [-0.3, -0.25) is 0 Å². The number of nitrogens with zero attached hydrogens (tertiary/aromatic N) is 1. The molecule has 0 bridgehead atoms. The number of rotatable bonds is 6. The third-order valence-corrected chi connectivity index (χ3v) is 2.95. The minimum Gasteiger partial charge on any atom is -0.497 e. The van der Waals surface area contributed by atoms with Crippen molar-refractivity contribution in [2.75, 3.05) is 13.7 Å². The van der Waals surface area contributed by atoms with Gasteiger partial charge in [-0.2, -0.15) is 5.26 Å². The fourth-order valence-corrected chi connectivity index (χ4v) is 1.65. The second kappa shape index (κ2) is 8.00. The molecule has 0 fully saturated rings. The first-order chi connectivity index (χ1) is 9.63. The van der Waals surface area contributed by atoms with E-state index in [9.17, 15) is 4.79 Å². The first-order valence-electron chi connectivity index (χ1n) is 6.56. The van der Waals surface area contributed by atoms with Crippen LogP contribution < -0.4 is 4.74 Å². The Bertz CT molecular complexity index is 524. The lowest BCUT2D eigenvalue weighted by Crippen LogP contribution is -2.09. The van der Waals surface area contributed by atoms with Crippen molar-refractivity contribution in [1.29, 1.82) is 5.26 Å². The maximum atomic E-state index is 11.9. The van der Waals surface area contributed by atoms with Crippen molar-refractivity contribution in [3.63, 3.8) is 0 Å². The van der Waals surface area contributed by atoms with Crippen LogP contribution in [0, 0.1) is 11.3 Å². The molecule has 0 N–H and O–H groups in total. The Morgan fingerprint density at radius 1 is 1.30 bits per heavy atom. The van der Waals surface area contributed by atoms with Crippen LogP contribution in [0.1, 0.15) is 32.3 Å². The summed E-state index contributed by atoms with van der Waals surface area (Å²) in [6, 6.07) is 9.13. The minimum absolute atomic E-state index is 0.0475. The molecule has 1 aromatic rings. The van der Waals surface area contributed by atoms with Crippen molar-refractivity contribution in [1.82, 2.24) is 0 Å². The van der Waals surface area contributed by atoms with Crippen molar-refractivity contribution in [3.8, 4) is 11.8 Å². The van der Waals surface area contributed by atoms with Gasteiger partial charge in [-0.15, -0.1) is 0 Å². The summed E-state index contributed by atoms with van der Waals surface area (Å²) in [5.41, 5.74) is 1.46. The highest BCUT2D eigenvalue weighted by Crippen LogP contribution is 2.21. The number of methoxy groups -OCH3 is 1. The van der Waals surface area contributed by atoms with Crippen molar-refractivity contribution < 1.29 is 14.3 Å². The lowest BCUT2D eigenvalue weighted by atomic mass is 10.0. The largest absolute Gasteiger partial charge is 0.497 e. The van der Waals surface area contributed by atoms with Crippen LogP contribution in [0.3, 0.4) is 0 Å². The molecule has 0 saturated carbocycles. The molecule has 1 aromatic carbocycles. The fourth-order valence-electron chi connectivity index (χ4n) is 1.65. The Labute approximate surface area is 119 Å². The Morgan fingerprint density at radius 2 is 1.95 bits per heavy atom. The van der Waals surface area contributed by atoms with Crippen LogP contribution >= 0.6 is 0 Å². The van der Waals surface area contributed by atoms with E-state index in [1.165, 1.54) is 0 Å². The summed E-state index contributed by atoms with van der Waals surface area (Å²) >= 11 is 0. The zero-order valence-corrected chi connectivity index (χ0v) is 12.1. The first kappa shape index (κ1) is 15.8. The molecular formula is C16H19NO3. The minimum atomic E-state index is -0.561. The van der Waals surface area contributed by atoms with Crippen molar-refractivity contribution in [3.05, 3.63) is 35.4 Å². The van der Waals surface area contributed by atoms with Crippen LogP contribution in [0.25, 0.3) is 5.57 Å². The van der Waals surface area contributed by atoms with E-state index in [1.807, 2.05) is 25.1 Å². The smallest absolute Gasteiger partial charge is 0.349 e. The van der Waals surface area contributed by atoms with Gasteiger partial charge in [-0.05, 0) is 36.6 Å². The number of hydrogen-bond acceptors (Lipinski definition) is 4. The zero-order chi connectivity index (χ0) is 15.0. The number of hydrogen-bond donors (Lipinski definition) is 0. The Kier molecular flexibility index (Phi) is 6.31. The standard InChI is InChI=1S/C16H19NO3/c1-4-5-10-20-16(18)15(11-17)12(2)13-6-8-14(19-3)9-7-13/h6-9H,4-5,10H2,1-3H3/b15-12-. The fraction of sp³-hybridized carbons (Fsp3) is 0.375. The molecule has 0 aliphatic rings. The first-order valence-corrected chi connectivity index (χ1v) is 6.56. The molecule has 0 amide bonds. The lowest BCUT2D eigenvalue weighted by molar-refractivity contribution is -0.138. The summed E-state index contributed by atoms with van der Waals surface area (Å²) < 4.78 is 10.2. The summed E-state index contributed by atoms with van der Waals surface area (Å²) in [4.78, 5) is 11.9. The number of nitriles is 1. The molecule has 0 spiro atoms. The third kappa shape index (κ3) is 4.13. The Morgan fingerprint density at radius 3 is 2.45 bits per heavy atom. The zero-order valence-electron chi connectivity index (χ0n) is 12.1. The topological polar surface area (TPSA) is 59.3 Å². The molecule has 0 unspecified atom stereocenters. The van der Waals surface area contributed by atoms with Crippen LogP contribution in [-0.2, 0) is 9.53 Å². The van der Waals surface area contributed by atoms with Gasteiger partial charge in [0.1, 0.15) is 17.4 Å². The van der Waals surface area contributed by atoms with Gasteiger partial charge in [0.2, 0.25) is 0 Å². The molecule has 0 aliphatic carbocycles. The van der Waals surface area contributed by atoms with Gasteiger partial charge in [0.25, 0.3) is 0 Å². The number of benzene rings is 1. The average Bonchev–Trinajstić information content (AvgIpc) is 2.48. The predicted octanol–water partition coefficient (Wildman–Crippen LogP) is 3.34. The molecule has 0 aromatic heterocycles. The quantitative estimate of drug-likeness (QED) is 0.345. The van der Waals surface area contributed by atoms with Crippen molar-refractivity contribution >= 4 is 11.5 Å². The van der Waals surface area contributed by atoms with E-state index in [2.05, 4.69) is 0 Å². The van der Waals surface area contributed by atoms with Gasteiger partial charge in [-0.25, -0.2) is 4.79 Å². The van der Waals surface area contributed by atoms with E-state index in [0.29, 0.717) is 12.2 Å². The average molecular weight is 273 g/mol. The molecule has 0 heterocycles. The summed E-state index contributed by atoms with van der Waals surface area (Å²) in [6.07, 6.45) is 1.74. The predicted molar refractivity (Wildman–Crippen MR) is 77.1 cm³/mol. The van der Waals surface area contributed by atoms with E-state index in [0.717, 1.165) is 24.2 Å². The number of ether oxygens (including phenoxy) is 2. The van der Waals surface area contributed by atoms with Crippen LogP contribution in [0.5, 0.6) is 5.75 Å². The molecule has 0 aliphatic heterocycles. The number of esters is 1. The molecule has 0 radical (unpaired) electrons. The van der Waals surface area contributed by atoms with Gasteiger partial charge in [-0.1, -0.05) is 25.5 Å². The van der Waals surface area contributed by atoms with E-state index in [-0.39, 0.29) is 5.57 Å². The number of carbonyl (C=O) groups is 1. The number of allylic oxidation sites excluding steroid dienone is 1. The Hall–Kier alpha value is -2.28. The van der Waals surface area contributed by atoms with Gasteiger partial charge in [0.15, 0.2) is 0 Å². The van der Waals surface area contributed by atoms with Crippen molar-refractivity contribution in [2.45, 2.75) is 26.7 Å². The van der Waals surface area contributed by atoms with Crippen LogP contribution in [0.15, 0.2) is 29.8 Å². The number of carbonyl (C=O) groups excluding carboxylic acids is 1. The third-order valence-electron chi connectivity index (χ3n) is 2.95. The highest BCUT2D eigenvalue weighted by Gasteiger charge is 2.15. The summed E-state index contributed by atoms with van der Waals surface area (Å²) in [6.45, 7) is 4.09. The lowest BCUT2D eigenvalue weighted by Gasteiger charge is -2.07. The Balaban J connectivity index is 2.93. The van der Waals surface area contributed by atoms with E-state index in [1.54, 1.807) is 26.2 Å². The summed E-state index contributed by atoms with van der Waals surface area (Å²) in [5.74, 6) is 0.167. The van der Waals surface area contributed by atoms with E-state index in [4.69, 9.17) is 14.7 Å². The molecule has 20 heavy (non-hydrogen) atoms. The summed E-state index contributed by atoms with van der Waals surface area (Å²) in [5, 5.41) is 9.15. The molecule has 4 nitrogen and oxygen atoms in total. The van der Waals surface area contributed by atoms with Gasteiger partial charge in [0.05, 0.1) is 13.7 Å². The van der Waals surface area contributed by atoms with E-state index >= 15 is 0 Å². The highest BCUT2D eigenvalue weighted by molar-refractivity contribution is 6.01. The van der Waals surface area contributed by atoms with Crippen LogP contribution in [0.4, 0.5) is 0 Å². The summed E-state index contributed by atoms with van der Waals surface area (Å²) in [7, 11) is 1.59. The maximum Gasteiger partial charge on any atom is 0.349 e. The number of unbranched alkanes of at least 4 members (excludes halogenated alkanes) is 1. The van der Waals surface area contributed by atoms with Crippen molar-refractivity contribution in [2.24, 2.45) is 0 Å². The van der Waals surface area contributed by atoms with Crippen LogP contribution in [-0.4, -0.2) is 19.7 Å². The molecule has 0 atom stereocenters. The van der Waals surface area contributed by atoms with Crippen LogP contribution in [0.2, 0.25) is 0 Å². The monoisotopic (exact) mass is 273 g/mol. The normalized spacial score (nSPS) is 11.3.